The van der Waals surface area contributed by atoms with Gasteiger partial charge in [-0.3, -0.25) is 0 Å². The highest BCUT2D eigenvalue weighted by Gasteiger charge is 2.16. The van der Waals surface area contributed by atoms with Gasteiger partial charge in [-0.1, -0.05) is 6.07 Å². The molecule has 0 spiro atoms. The number of hydrogen-bond donors (Lipinski definition) is 3. The van der Waals surface area contributed by atoms with Gasteiger partial charge in [0, 0.05) is 31.9 Å². The van der Waals surface area contributed by atoms with Crippen LogP contribution in [-0.4, -0.2) is 48.3 Å². The molecular weight excluding hydrogens is 266 g/mol. The zero-order chi connectivity index (χ0) is 15.2. The number of rotatable bonds is 4. The molecule has 5 heteroatoms. The molecule has 0 aliphatic carbocycles. The maximum Gasteiger partial charge on any atom is 0.319 e. The number of anilines is 1. The van der Waals surface area contributed by atoms with E-state index in [0.29, 0.717) is 6.54 Å². The number of aryl methyl sites for hydroxylation is 2. The first-order valence-electron chi connectivity index (χ1n) is 7.56. The molecule has 2 amide bonds. The molecule has 0 aromatic heterocycles. The van der Waals surface area contributed by atoms with Crippen LogP contribution in [0.1, 0.15) is 24.0 Å². The summed E-state index contributed by atoms with van der Waals surface area (Å²) in [5, 5.41) is 15.2. The topological polar surface area (TPSA) is 64.6 Å². The van der Waals surface area contributed by atoms with Crippen LogP contribution in [-0.2, 0) is 0 Å². The third-order valence-electron chi connectivity index (χ3n) is 3.75. The van der Waals surface area contributed by atoms with E-state index >= 15 is 0 Å². The van der Waals surface area contributed by atoms with E-state index in [1.165, 1.54) is 0 Å². The number of benzene rings is 1. The summed E-state index contributed by atoms with van der Waals surface area (Å²) in [6.07, 6.45) is 1.51. The summed E-state index contributed by atoms with van der Waals surface area (Å²) in [5.74, 6) is 0. The fourth-order valence-corrected chi connectivity index (χ4v) is 2.69. The summed E-state index contributed by atoms with van der Waals surface area (Å²) in [7, 11) is 0. The third kappa shape index (κ3) is 5.36. The molecule has 1 aromatic carbocycles. The quantitative estimate of drug-likeness (QED) is 0.793. The number of hydrogen-bond acceptors (Lipinski definition) is 3. The van der Waals surface area contributed by atoms with E-state index < -0.39 is 0 Å². The highest BCUT2D eigenvalue weighted by Crippen LogP contribution is 2.13. The van der Waals surface area contributed by atoms with Gasteiger partial charge in [0.1, 0.15) is 0 Å². The largest absolute Gasteiger partial charge is 0.393 e. The van der Waals surface area contributed by atoms with Gasteiger partial charge < -0.3 is 20.6 Å². The van der Waals surface area contributed by atoms with E-state index in [1.54, 1.807) is 0 Å². The Kier molecular flexibility index (Phi) is 5.59. The van der Waals surface area contributed by atoms with Crippen LogP contribution in [0, 0.1) is 13.8 Å². The predicted molar refractivity (Wildman–Crippen MR) is 84.6 cm³/mol. The molecule has 1 saturated heterocycles. The summed E-state index contributed by atoms with van der Waals surface area (Å²) in [6.45, 7) is 7.28. The molecule has 0 atom stereocenters. The molecule has 3 N–H and O–H groups in total. The zero-order valence-corrected chi connectivity index (χ0v) is 12.9. The number of carbonyl (C=O) groups is 1. The highest BCUT2D eigenvalue weighted by molar-refractivity contribution is 5.89. The SMILES string of the molecule is Cc1cc(C)cc(NC(=O)NCCN2CCC(O)CC2)c1. The Bertz CT molecular complexity index is 462. The first kappa shape index (κ1) is 15.8. The molecule has 1 aliphatic heterocycles. The van der Waals surface area contributed by atoms with Crippen molar-refractivity contribution in [2.45, 2.75) is 32.8 Å². The highest BCUT2D eigenvalue weighted by atomic mass is 16.3. The van der Waals surface area contributed by atoms with Crippen LogP contribution < -0.4 is 10.6 Å². The lowest BCUT2D eigenvalue weighted by molar-refractivity contribution is 0.0833. The number of aliphatic hydroxyl groups is 1. The van der Waals surface area contributed by atoms with Crippen LogP contribution >= 0.6 is 0 Å². The number of nitrogens with zero attached hydrogens (tertiary/aromatic N) is 1. The Balaban J connectivity index is 1.70. The van der Waals surface area contributed by atoms with Crippen LogP contribution in [0.4, 0.5) is 10.5 Å². The van der Waals surface area contributed by atoms with Crippen LogP contribution in [0.25, 0.3) is 0 Å². The van der Waals surface area contributed by atoms with Gasteiger partial charge >= 0.3 is 6.03 Å². The summed E-state index contributed by atoms with van der Waals surface area (Å²) in [5.41, 5.74) is 3.10. The minimum absolute atomic E-state index is 0.151. The first-order valence-corrected chi connectivity index (χ1v) is 7.56. The molecule has 0 saturated carbocycles. The Morgan fingerprint density at radius 2 is 1.86 bits per heavy atom. The first-order chi connectivity index (χ1) is 10.0. The van der Waals surface area contributed by atoms with Gasteiger partial charge in [-0.05, 0) is 49.9 Å². The Labute approximate surface area is 126 Å². The minimum Gasteiger partial charge on any atom is -0.393 e. The van der Waals surface area contributed by atoms with E-state index in [0.717, 1.165) is 49.3 Å². The van der Waals surface area contributed by atoms with Crippen molar-refractivity contribution in [1.29, 1.82) is 0 Å². The fraction of sp³-hybridized carbons (Fsp3) is 0.562. The van der Waals surface area contributed by atoms with E-state index in [-0.39, 0.29) is 12.1 Å². The normalized spacial score (nSPS) is 16.7. The molecule has 0 bridgehead atoms. The summed E-state index contributed by atoms with van der Waals surface area (Å²) in [6, 6.07) is 5.82. The van der Waals surface area contributed by atoms with Crippen LogP contribution in [0.15, 0.2) is 18.2 Å². The Morgan fingerprint density at radius 3 is 2.48 bits per heavy atom. The number of amides is 2. The molecule has 0 unspecified atom stereocenters. The number of aliphatic hydroxyl groups excluding tert-OH is 1. The molecule has 116 valence electrons. The van der Waals surface area contributed by atoms with Crippen molar-refractivity contribution in [3.63, 3.8) is 0 Å². The molecule has 1 aromatic rings. The minimum atomic E-state index is -0.169. The van der Waals surface area contributed by atoms with Crippen molar-refractivity contribution in [2.24, 2.45) is 0 Å². The summed E-state index contributed by atoms with van der Waals surface area (Å²) < 4.78 is 0. The van der Waals surface area contributed by atoms with Crippen molar-refractivity contribution in [3.05, 3.63) is 29.3 Å². The van der Waals surface area contributed by atoms with E-state index in [2.05, 4.69) is 21.6 Å². The van der Waals surface area contributed by atoms with Gasteiger partial charge in [-0.25, -0.2) is 4.79 Å². The summed E-state index contributed by atoms with van der Waals surface area (Å²) >= 11 is 0. The monoisotopic (exact) mass is 291 g/mol. The molecule has 5 nitrogen and oxygen atoms in total. The standard InChI is InChI=1S/C16H25N3O2/c1-12-9-13(2)11-14(10-12)18-16(21)17-5-8-19-6-3-15(20)4-7-19/h9-11,15,20H,3-8H2,1-2H3,(H2,17,18,21). The maximum absolute atomic E-state index is 11.8. The van der Waals surface area contributed by atoms with Gasteiger partial charge in [-0.2, -0.15) is 0 Å². The van der Waals surface area contributed by atoms with Gasteiger partial charge in [0.15, 0.2) is 0 Å². The van der Waals surface area contributed by atoms with Gasteiger partial charge in [0.25, 0.3) is 0 Å². The lowest BCUT2D eigenvalue weighted by atomic mass is 10.1. The number of carbonyl (C=O) groups excluding carboxylic acids is 1. The second-order valence-electron chi connectivity index (χ2n) is 5.83. The number of urea groups is 1. The van der Waals surface area contributed by atoms with Crippen molar-refractivity contribution in [1.82, 2.24) is 10.2 Å². The van der Waals surface area contributed by atoms with Crippen molar-refractivity contribution in [3.8, 4) is 0 Å². The molecular formula is C16H25N3O2. The molecule has 1 aliphatic rings. The fourth-order valence-electron chi connectivity index (χ4n) is 2.69. The number of likely N-dealkylation sites (tertiary alicyclic amines) is 1. The van der Waals surface area contributed by atoms with Crippen molar-refractivity contribution < 1.29 is 9.90 Å². The molecule has 1 heterocycles. The lowest BCUT2D eigenvalue weighted by Gasteiger charge is -2.29. The second kappa shape index (κ2) is 7.43. The Hall–Kier alpha value is -1.59. The van der Waals surface area contributed by atoms with E-state index in [4.69, 9.17) is 0 Å². The second-order valence-corrected chi connectivity index (χ2v) is 5.83. The smallest absolute Gasteiger partial charge is 0.319 e. The van der Waals surface area contributed by atoms with Gasteiger partial charge in [0.05, 0.1) is 6.10 Å². The van der Waals surface area contributed by atoms with Crippen molar-refractivity contribution in [2.75, 3.05) is 31.5 Å². The predicted octanol–water partition coefficient (Wildman–Crippen LogP) is 1.88. The zero-order valence-electron chi connectivity index (χ0n) is 12.9. The van der Waals surface area contributed by atoms with Crippen LogP contribution in [0.5, 0.6) is 0 Å². The van der Waals surface area contributed by atoms with E-state index in [9.17, 15) is 9.90 Å². The van der Waals surface area contributed by atoms with E-state index in [1.807, 2.05) is 26.0 Å². The van der Waals surface area contributed by atoms with Crippen LogP contribution in [0.2, 0.25) is 0 Å². The number of piperidine rings is 1. The van der Waals surface area contributed by atoms with Crippen molar-refractivity contribution >= 4 is 11.7 Å². The van der Waals surface area contributed by atoms with Gasteiger partial charge in [0.2, 0.25) is 0 Å². The lowest BCUT2D eigenvalue weighted by Crippen LogP contribution is -2.41. The molecule has 21 heavy (non-hydrogen) atoms. The van der Waals surface area contributed by atoms with Gasteiger partial charge in [-0.15, -0.1) is 0 Å². The maximum atomic E-state index is 11.8. The average Bonchev–Trinajstić information content (AvgIpc) is 2.39. The average molecular weight is 291 g/mol. The van der Waals surface area contributed by atoms with Crippen LogP contribution in [0.3, 0.4) is 0 Å². The third-order valence-corrected chi connectivity index (χ3v) is 3.75. The molecule has 1 fully saturated rings. The summed E-state index contributed by atoms with van der Waals surface area (Å²) in [4.78, 5) is 14.1. The number of nitrogens with one attached hydrogen (secondary N) is 2. The Morgan fingerprint density at radius 1 is 1.24 bits per heavy atom. The molecule has 0 radical (unpaired) electrons. The molecule has 2 rings (SSSR count).